The third kappa shape index (κ3) is 3.06. The Balaban J connectivity index is 1.27. The van der Waals surface area contributed by atoms with Crippen LogP contribution in [0.3, 0.4) is 0 Å². The van der Waals surface area contributed by atoms with Crippen LogP contribution in [0.25, 0.3) is 0 Å². The van der Waals surface area contributed by atoms with Crippen molar-refractivity contribution in [1.29, 1.82) is 0 Å². The number of hydrogen-bond donors (Lipinski definition) is 1. The predicted octanol–water partition coefficient (Wildman–Crippen LogP) is 3.77. The number of amides is 1. The topological polar surface area (TPSA) is 35.6 Å². The van der Waals surface area contributed by atoms with Crippen LogP contribution >= 0.6 is 0 Å². The number of rotatable bonds is 2. The molecule has 1 spiro atoms. The van der Waals surface area contributed by atoms with Gasteiger partial charge in [0, 0.05) is 24.8 Å². The Bertz CT molecular complexity index is 653. The van der Waals surface area contributed by atoms with Gasteiger partial charge >= 0.3 is 0 Å². The first-order chi connectivity index (χ1) is 13.3. The zero-order valence-electron chi connectivity index (χ0n) is 16.4. The van der Waals surface area contributed by atoms with Crippen molar-refractivity contribution < 1.29 is 4.79 Å². The maximum atomic E-state index is 12.8. The molecule has 2 saturated carbocycles. The van der Waals surface area contributed by atoms with E-state index in [1.807, 2.05) is 6.07 Å². The number of carbonyl (C=O) groups excluding carboxylic acids is 1. The molecule has 4 heteroatoms. The van der Waals surface area contributed by atoms with Crippen molar-refractivity contribution in [3.05, 3.63) is 30.3 Å². The Kier molecular flexibility index (Phi) is 4.63. The van der Waals surface area contributed by atoms with Gasteiger partial charge in [-0.25, -0.2) is 0 Å². The smallest absolute Gasteiger partial charge is 0.247 e. The lowest BCUT2D eigenvalue weighted by Gasteiger charge is -2.45. The number of hydrogen-bond acceptors (Lipinski definition) is 3. The molecule has 0 radical (unpaired) electrons. The first kappa shape index (κ1) is 17.5. The monoisotopic (exact) mass is 367 g/mol. The number of nitrogens with zero attached hydrogens (tertiary/aromatic N) is 2. The number of anilines is 1. The highest BCUT2D eigenvalue weighted by atomic mass is 16.2. The fourth-order valence-electron chi connectivity index (χ4n) is 6.47. The maximum Gasteiger partial charge on any atom is 0.247 e. The molecule has 2 aliphatic heterocycles. The van der Waals surface area contributed by atoms with Crippen LogP contribution in [-0.4, -0.2) is 42.1 Å². The summed E-state index contributed by atoms with van der Waals surface area (Å²) in [4.78, 5) is 17.9. The van der Waals surface area contributed by atoms with E-state index in [0.717, 1.165) is 43.8 Å². The second-order valence-corrected chi connectivity index (χ2v) is 9.28. The van der Waals surface area contributed by atoms with Gasteiger partial charge in [-0.1, -0.05) is 50.3 Å². The molecule has 2 saturated heterocycles. The molecule has 1 aromatic carbocycles. The van der Waals surface area contributed by atoms with Crippen molar-refractivity contribution in [2.75, 3.05) is 24.7 Å². The lowest BCUT2D eigenvalue weighted by molar-refractivity contribution is -0.125. The van der Waals surface area contributed by atoms with Gasteiger partial charge < -0.3 is 15.1 Å². The highest BCUT2D eigenvalue weighted by Gasteiger charge is 2.51. The Morgan fingerprint density at radius 2 is 1.59 bits per heavy atom. The predicted molar refractivity (Wildman–Crippen MR) is 109 cm³/mol. The third-order valence-electron chi connectivity index (χ3n) is 8.01. The van der Waals surface area contributed by atoms with Crippen molar-refractivity contribution in [2.24, 2.45) is 11.8 Å². The summed E-state index contributed by atoms with van der Waals surface area (Å²) in [5, 5.41) is 3.13. The second-order valence-electron chi connectivity index (χ2n) is 9.28. The minimum atomic E-state index is -0.333. The number of fused-ring (bicyclic) bond motifs is 1. The molecule has 146 valence electrons. The van der Waals surface area contributed by atoms with Crippen molar-refractivity contribution in [2.45, 2.75) is 69.4 Å². The SMILES string of the molecule is O=C1NCN(c2ccccc2)C12CCN(C1CC3CCCCCC3C1)CC2. The van der Waals surface area contributed by atoms with E-state index in [9.17, 15) is 4.79 Å². The molecule has 1 amide bonds. The summed E-state index contributed by atoms with van der Waals surface area (Å²) in [6.07, 6.45) is 12.0. The summed E-state index contributed by atoms with van der Waals surface area (Å²) >= 11 is 0. The first-order valence-corrected chi connectivity index (χ1v) is 11.1. The Morgan fingerprint density at radius 1 is 0.926 bits per heavy atom. The van der Waals surface area contributed by atoms with Crippen LogP contribution in [0, 0.1) is 11.8 Å². The van der Waals surface area contributed by atoms with Crippen molar-refractivity contribution >= 4 is 11.6 Å². The van der Waals surface area contributed by atoms with E-state index in [0.29, 0.717) is 6.67 Å². The molecule has 0 aromatic heterocycles. The largest absolute Gasteiger partial charge is 0.339 e. The number of carbonyl (C=O) groups is 1. The van der Waals surface area contributed by atoms with Crippen molar-refractivity contribution in [1.82, 2.24) is 10.2 Å². The maximum absolute atomic E-state index is 12.8. The van der Waals surface area contributed by atoms with Gasteiger partial charge in [0.15, 0.2) is 0 Å². The zero-order valence-corrected chi connectivity index (χ0v) is 16.4. The molecule has 1 N–H and O–H groups in total. The van der Waals surface area contributed by atoms with Crippen LogP contribution in [0.15, 0.2) is 30.3 Å². The molecular formula is C23H33N3O. The lowest BCUT2D eigenvalue weighted by Crippen LogP contribution is -2.57. The molecule has 2 atom stereocenters. The van der Waals surface area contributed by atoms with Crippen molar-refractivity contribution in [3.8, 4) is 0 Å². The third-order valence-corrected chi connectivity index (χ3v) is 8.01. The molecule has 5 rings (SSSR count). The Morgan fingerprint density at radius 3 is 2.26 bits per heavy atom. The molecule has 2 unspecified atom stereocenters. The summed E-state index contributed by atoms with van der Waals surface area (Å²) in [6.45, 7) is 2.79. The number of likely N-dealkylation sites (tertiary alicyclic amines) is 1. The number of para-hydroxylation sites is 1. The van der Waals surface area contributed by atoms with E-state index in [1.54, 1.807) is 0 Å². The Hall–Kier alpha value is -1.55. The van der Waals surface area contributed by atoms with E-state index >= 15 is 0 Å². The fraction of sp³-hybridized carbons (Fsp3) is 0.696. The normalized spacial score (nSPS) is 33.7. The van der Waals surface area contributed by atoms with Gasteiger partial charge in [0.1, 0.15) is 5.54 Å². The van der Waals surface area contributed by atoms with E-state index in [4.69, 9.17) is 0 Å². The Labute approximate surface area is 163 Å². The molecule has 2 aliphatic carbocycles. The quantitative estimate of drug-likeness (QED) is 0.864. The van der Waals surface area contributed by atoms with Crippen LogP contribution < -0.4 is 10.2 Å². The summed E-state index contributed by atoms with van der Waals surface area (Å²) < 4.78 is 0. The van der Waals surface area contributed by atoms with Gasteiger partial charge in [-0.05, 0) is 49.7 Å². The number of benzene rings is 1. The minimum absolute atomic E-state index is 0.239. The highest BCUT2D eigenvalue weighted by Crippen LogP contribution is 2.44. The van der Waals surface area contributed by atoms with Crippen LogP contribution in [0.4, 0.5) is 5.69 Å². The average molecular weight is 368 g/mol. The van der Waals surface area contributed by atoms with Crippen LogP contribution in [0.2, 0.25) is 0 Å². The minimum Gasteiger partial charge on any atom is -0.339 e. The van der Waals surface area contributed by atoms with E-state index in [1.165, 1.54) is 50.6 Å². The standard InChI is InChI=1S/C23H33N3O/c27-22-23(26(17-24-22)20-9-5-2-6-10-20)11-13-25(14-12-23)21-15-18-7-3-1-4-8-19(18)16-21/h2,5-6,9-10,18-19,21H,1,3-4,7-8,11-17H2,(H,24,27). The van der Waals surface area contributed by atoms with E-state index < -0.39 is 0 Å². The van der Waals surface area contributed by atoms with E-state index in [2.05, 4.69) is 39.4 Å². The van der Waals surface area contributed by atoms with Crippen LogP contribution in [-0.2, 0) is 4.79 Å². The average Bonchev–Trinajstić information content (AvgIpc) is 3.17. The second kappa shape index (κ2) is 7.12. The molecular weight excluding hydrogens is 334 g/mol. The summed E-state index contributed by atoms with van der Waals surface area (Å²) in [6, 6.07) is 11.2. The van der Waals surface area contributed by atoms with Crippen LogP contribution in [0.5, 0.6) is 0 Å². The van der Waals surface area contributed by atoms with Gasteiger partial charge in [-0.15, -0.1) is 0 Å². The lowest BCUT2D eigenvalue weighted by atomic mass is 9.85. The summed E-state index contributed by atoms with van der Waals surface area (Å²) in [5.41, 5.74) is 0.841. The van der Waals surface area contributed by atoms with Crippen molar-refractivity contribution in [3.63, 3.8) is 0 Å². The van der Waals surface area contributed by atoms with Gasteiger partial charge in [-0.2, -0.15) is 0 Å². The summed E-state index contributed by atoms with van der Waals surface area (Å²) in [7, 11) is 0. The molecule has 2 heterocycles. The van der Waals surface area contributed by atoms with Crippen LogP contribution in [0.1, 0.15) is 57.8 Å². The van der Waals surface area contributed by atoms with Gasteiger partial charge in [0.05, 0.1) is 6.67 Å². The number of piperidine rings is 1. The van der Waals surface area contributed by atoms with Gasteiger partial charge in [-0.3, -0.25) is 4.79 Å². The zero-order chi connectivity index (χ0) is 18.3. The highest BCUT2D eigenvalue weighted by molar-refractivity contribution is 5.93. The molecule has 0 bridgehead atoms. The molecule has 4 nitrogen and oxygen atoms in total. The molecule has 4 fully saturated rings. The van der Waals surface area contributed by atoms with Gasteiger partial charge in [0.2, 0.25) is 5.91 Å². The molecule has 27 heavy (non-hydrogen) atoms. The number of nitrogens with one attached hydrogen (secondary N) is 1. The summed E-state index contributed by atoms with van der Waals surface area (Å²) in [5.74, 6) is 2.19. The molecule has 1 aromatic rings. The molecule has 4 aliphatic rings. The first-order valence-electron chi connectivity index (χ1n) is 11.1. The van der Waals surface area contributed by atoms with E-state index in [-0.39, 0.29) is 11.4 Å². The van der Waals surface area contributed by atoms with Gasteiger partial charge in [0.25, 0.3) is 0 Å². The fourth-order valence-corrected chi connectivity index (χ4v) is 6.47.